The van der Waals surface area contributed by atoms with Gasteiger partial charge in [-0.05, 0) is 18.2 Å². The molecule has 0 spiro atoms. The molecule has 2 nitrogen and oxygen atoms in total. The molecule has 12 heavy (non-hydrogen) atoms. The Balaban J connectivity index is 3.23. The Morgan fingerprint density at radius 1 is 1.42 bits per heavy atom. The highest BCUT2D eigenvalue weighted by molar-refractivity contribution is 5.97. The van der Waals surface area contributed by atoms with Gasteiger partial charge in [-0.15, -0.1) is 0 Å². The van der Waals surface area contributed by atoms with E-state index in [1.54, 1.807) is 0 Å². The zero-order chi connectivity index (χ0) is 9.14. The van der Waals surface area contributed by atoms with Gasteiger partial charge in [-0.3, -0.25) is 4.99 Å². The lowest BCUT2D eigenvalue weighted by Gasteiger charge is -2.00. The van der Waals surface area contributed by atoms with E-state index in [1.165, 1.54) is 7.05 Å². The summed E-state index contributed by atoms with van der Waals surface area (Å²) in [5.41, 5.74) is 5.30. The van der Waals surface area contributed by atoms with Crippen molar-refractivity contribution in [1.29, 1.82) is 0 Å². The molecule has 1 aromatic carbocycles. The van der Waals surface area contributed by atoms with Crippen LogP contribution in [0.3, 0.4) is 0 Å². The summed E-state index contributed by atoms with van der Waals surface area (Å²) in [7, 11) is 1.42. The third-order valence-corrected chi connectivity index (χ3v) is 1.45. The van der Waals surface area contributed by atoms with E-state index < -0.39 is 11.6 Å². The Labute approximate surface area is 68.7 Å². The summed E-state index contributed by atoms with van der Waals surface area (Å²) in [5.74, 6) is -1.11. The van der Waals surface area contributed by atoms with E-state index in [2.05, 4.69) is 4.99 Å². The van der Waals surface area contributed by atoms with Gasteiger partial charge in [-0.25, -0.2) is 8.78 Å². The van der Waals surface area contributed by atoms with Crippen molar-refractivity contribution >= 4 is 5.84 Å². The second-order valence-corrected chi connectivity index (χ2v) is 2.23. The Hall–Kier alpha value is -1.45. The van der Waals surface area contributed by atoms with E-state index in [4.69, 9.17) is 5.73 Å². The van der Waals surface area contributed by atoms with E-state index in [9.17, 15) is 8.78 Å². The fraction of sp³-hybridized carbons (Fsp3) is 0.125. The lowest BCUT2D eigenvalue weighted by atomic mass is 10.2. The van der Waals surface area contributed by atoms with Crippen LogP contribution in [-0.2, 0) is 0 Å². The summed E-state index contributed by atoms with van der Waals surface area (Å²) in [4.78, 5) is 3.55. The first kappa shape index (κ1) is 8.64. The number of amidine groups is 1. The van der Waals surface area contributed by atoms with Gasteiger partial charge >= 0.3 is 0 Å². The van der Waals surface area contributed by atoms with Gasteiger partial charge in [0.25, 0.3) is 0 Å². The maximum absolute atomic E-state index is 12.9. The fourth-order valence-corrected chi connectivity index (χ4v) is 0.814. The van der Waals surface area contributed by atoms with Crippen LogP contribution in [0.4, 0.5) is 8.78 Å². The Morgan fingerprint density at radius 2 is 2.08 bits per heavy atom. The molecule has 0 saturated carbocycles. The van der Waals surface area contributed by atoms with E-state index in [-0.39, 0.29) is 11.4 Å². The third kappa shape index (κ3) is 1.58. The highest BCUT2D eigenvalue weighted by Crippen LogP contribution is 2.08. The summed E-state index contributed by atoms with van der Waals surface area (Å²) in [6.45, 7) is 0. The molecule has 0 aliphatic rings. The molecule has 64 valence electrons. The summed E-state index contributed by atoms with van der Waals surface area (Å²) in [6.07, 6.45) is 0. The van der Waals surface area contributed by atoms with E-state index >= 15 is 0 Å². The van der Waals surface area contributed by atoms with Crippen LogP contribution >= 0.6 is 0 Å². The number of rotatable bonds is 1. The van der Waals surface area contributed by atoms with Crippen LogP contribution in [0.15, 0.2) is 23.2 Å². The Kier molecular flexibility index (Phi) is 2.38. The van der Waals surface area contributed by atoms with Gasteiger partial charge in [0.2, 0.25) is 0 Å². The molecule has 0 unspecified atom stereocenters. The Morgan fingerprint density at radius 3 is 2.67 bits per heavy atom. The second kappa shape index (κ2) is 3.30. The van der Waals surface area contributed by atoms with Crippen molar-refractivity contribution in [2.24, 2.45) is 10.7 Å². The maximum atomic E-state index is 12.9. The van der Waals surface area contributed by atoms with Gasteiger partial charge in [0.1, 0.15) is 17.5 Å². The third-order valence-electron chi connectivity index (χ3n) is 1.45. The molecule has 0 amide bonds. The number of aliphatic imine (C=N–C) groups is 1. The summed E-state index contributed by atoms with van der Waals surface area (Å²) >= 11 is 0. The zero-order valence-electron chi connectivity index (χ0n) is 6.51. The minimum Gasteiger partial charge on any atom is -0.383 e. The molecule has 1 aromatic rings. The molecule has 0 fully saturated rings. The van der Waals surface area contributed by atoms with Gasteiger partial charge in [0, 0.05) is 7.05 Å². The van der Waals surface area contributed by atoms with Gasteiger partial charge in [-0.1, -0.05) is 0 Å². The molecule has 4 heteroatoms. The molecule has 0 heterocycles. The predicted molar refractivity (Wildman–Crippen MR) is 43.0 cm³/mol. The van der Waals surface area contributed by atoms with Crippen LogP contribution in [-0.4, -0.2) is 12.9 Å². The monoisotopic (exact) mass is 170 g/mol. The largest absolute Gasteiger partial charge is 0.383 e. The van der Waals surface area contributed by atoms with Gasteiger partial charge < -0.3 is 5.73 Å². The van der Waals surface area contributed by atoms with Crippen LogP contribution in [0.1, 0.15) is 5.56 Å². The smallest absolute Gasteiger partial charge is 0.134 e. The van der Waals surface area contributed by atoms with Crippen LogP contribution in [0, 0.1) is 11.6 Å². The van der Waals surface area contributed by atoms with Gasteiger partial charge in [0.05, 0.1) is 5.56 Å². The number of benzene rings is 1. The van der Waals surface area contributed by atoms with E-state index in [0.29, 0.717) is 0 Å². The van der Waals surface area contributed by atoms with Gasteiger partial charge in [0.15, 0.2) is 0 Å². The van der Waals surface area contributed by atoms with Crippen molar-refractivity contribution in [1.82, 2.24) is 0 Å². The number of nitrogens with two attached hydrogens (primary N) is 1. The van der Waals surface area contributed by atoms with E-state index in [1.807, 2.05) is 0 Å². The van der Waals surface area contributed by atoms with Crippen molar-refractivity contribution < 1.29 is 8.78 Å². The topological polar surface area (TPSA) is 38.4 Å². The molecule has 0 aliphatic heterocycles. The number of hydrogen-bond donors (Lipinski definition) is 1. The predicted octanol–water partition coefficient (Wildman–Crippen LogP) is 1.30. The second-order valence-electron chi connectivity index (χ2n) is 2.23. The molecule has 1 rings (SSSR count). The summed E-state index contributed by atoms with van der Waals surface area (Å²) in [6, 6.07) is 3.06. The molecule has 0 bridgehead atoms. The van der Waals surface area contributed by atoms with Crippen molar-refractivity contribution in [2.45, 2.75) is 0 Å². The first-order valence-corrected chi connectivity index (χ1v) is 3.33. The first-order chi connectivity index (χ1) is 5.65. The average Bonchev–Trinajstić information content (AvgIpc) is 2.08. The minimum atomic E-state index is -0.570. The standard InChI is InChI=1S/C8H8F2N2/c1-12-8(11)6-4-5(9)2-3-7(6)10/h2-4H,1H3,(H2,11,12). The van der Waals surface area contributed by atoms with Crippen LogP contribution in [0.25, 0.3) is 0 Å². The number of nitrogens with zero attached hydrogens (tertiary/aromatic N) is 1. The van der Waals surface area contributed by atoms with Crippen molar-refractivity contribution in [2.75, 3.05) is 7.05 Å². The van der Waals surface area contributed by atoms with Crippen LogP contribution < -0.4 is 5.73 Å². The molecule has 0 aromatic heterocycles. The molecule has 0 aliphatic carbocycles. The molecule has 0 saturated heterocycles. The summed E-state index contributed by atoms with van der Waals surface area (Å²) < 4.78 is 25.4. The first-order valence-electron chi connectivity index (χ1n) is 3.33. The zero-order valence-corrected chi connectivity index (χ0v) is 6.51. The SMILES string of the molecule is CN=C(N)c1cc(F)ccc1F. The lowest BCUT2D eigenvalue weighted by Crippen LogP contribution is -2.15. The van der Waals surface area contributed by atoms with Crippen molar-refractivity contribution in [3.05, 3.63) is 35.4 Å². The molecule has 0 atom stereocenters. The van der Waals surface area contributed by atoms with E-state index in [0.717, 1.165) is 18.2 Å². The Bertz CT molecular complexity index is 321. The average molecular weight is 170 g/mol. The number of halogens is 2. The molecule has 0 radical (unpaired) electrons. The van der Waals surface area contributed by atoms with Crippen molar-refractivity contribution in [3.8, 4) is 0 Å². The minimum absolute atomic E-state index is 0.00231. The molecular weight excluding hydrogens is 162 g/mol. The normalized spacial score (nSPS) is 11.8. The lowest BCUT2D eigenvalue weighted by molar-refractivity contribution is 0.598. The summed E-state index contributed by atoms with van der Waals surface area (Å²) in [5, 5.41) is 0. The van der Waals surface area contributed by atoms with Crippen LogP contribution in [0.5, 0.6) is 0 Å². The van der Waals surface area contributed by atoms with Gasteiger partial charge in [-0.2, -0.15) is 0 Å². The molecule has 2 N–H and O–H groups in total. The van der Waals surface area contributed by atoms with Crippen LogP contribution in [0.2, 0.25) is 0 Å². The maximum Gasteiger partial charge on any atom is 0.134 e. The highest BCUT2D eigenvalue weighted by atomic mass is 19.1. The van der Waals surface area contributed by atoms with Crippen molar-refractivity contribution in [3.63, 3.8) is 0 Å². The quantitative estimate of drug-likeness (QED) is 0.500. The molecular formula is C8H8F2N2. The number of hydrogen-bond acceptors (Lipinski definition) is 1. The highest BCUT2D eigenvalue weighted by Gasteiger charge is 2.06. The fourth-order valence-electron chi connectivity index (χ4n) is 0.814.